The van der Waals surface area contributed by atoms with E-state index in [2.05, 4.69) is 16.2 Å². The maximum absolute atomic E-state index is 9.37. The van der Waals surface area contributed by atoms with Crippen molar-refractivity contribution in [1.29, 1.82) is 5.26 Å². The highest BCUT2D eigenvalue weighted by Crippen LogP contribution is 2.26. The zero-order valence-electron chi connectivity index (χ0n) is 13.6. The highest BCUT2D eigenvalue weighted by Gasteiger charge is 2.18. The highest BCUT2D eigenvalue weighted by molar-refractivity contribution is 7.16. The number of hydrogen-bond donors (Lipinski definition) is 0. The molecule has 118 valence electrons. The molecule has 0 N–H and O–H groups in total. The van der Waals surface area contributed by atoms with Gasteiger partial charge in [0.15, 0.2) is 10.7 Å². The van der Waals surface area contributed by atoms with E-state index in [1.165, 1.54) is 11.3 Å². The number of aryl methyl sites for hydroxylation is 2. The van der Waals surface area contributed by atoms with Gasteiger partial charge in [-0.05, 0) is 30.9 Å². The van der Waals surface area contributed by atoms with E-state index in [0.29, 0.717) is 12.3 Å². The first-order valence-corrected chi connectivity index (χ1v) is 8.30. The first-order valence-electron chi connectivity index (χ1n) is 7.48. The van der Waals surface area contributed by atoms with Gasteiger partial charge in [0.25, 0.3) is 0 Å². The zero-order chi connectivity index (χ0) is 16.6. The predicted octanol–water partition coefficient (Wildman–Crippen LogP) is 3.98. The van der Waals surface area contributed by atoms with E-state index >= 15 is 0 Å². The minimum atomic E-state index is 0.202. The molecule has 0 aliphatic carbocycles. The molecule has 1 aromatic carbocycles. The van der Waals surface area contributed by atoms with Gasteiger partial charge in [-0.2, -0.15) is 14.9 Å². The van der Waals surface area contributed by atoms with E-state index < -0.39 is 0 Å². The predicted molar refractivity (Wildman–Crippen MR) is 89.9 cm³/mol. The molecular weight excluding hydrogens is 308 g/mol. The van der Waals surface area contributed by atoms with Crippen LogP contribution < -0.4 is 4.74 Å². The molecule has 0 radical (unpaired) electrons. The Bertz CT molecular complexity index is 881. The van der Waals surface area contributed by atoms with Gasteiger partial charge in [0.2, 0.25) is 4.96 Å². The van der Waals surface area contributed by atoms with E-state index in [0.717, 1.165) is 32.5 Å². The lowest BCUT2D eigenvalue weighted by Gasteiger charge is -2.10. The number of para-hydroxylation sites is 1. The molecule has 23 heavy (non-hydrogen) atoms. The van der Waals surface area contributed by atoms with Crippen molar-refractivity contribution in [2.75, 3.05) is 0 Å². The van der Waals surface area contributed by atoms with Crippen molar-refractivity contribution >= 4 is 16.3 Å². The number of hydrogen-bond acceptors (Lipinski definition) is 5. The zero-order valence-corrected chi connectivity index (χ0v) is 14.4. The summed E-state index contributed by atoms with van der Waals surface area (Å²) < 4.78 is 7.56. The van der Waals surface area contributed by atoms with Crippen LogP contribution in [-0.2, 0) is 6.61 Å². The largest absolute Gasteiger partial charge is 0.486 e. The summed E-state index contributed by atoms with van der Waals surface area (Å²) in [7, 11) is 0. The fourth-order valence-electron chi connectivity index (χ4n) is 2.53. The molecule has 5 nitrogen and oxygen atoms in total. The molecule has 2 heterocycles. The van der Waals surface area contributed by atoms with Crippen LogP contribution in [0.15, 0.2) is 18.2 Å². The molecule has 0 aliphatic heterocycles. The van der Waals surface area contributed by atoms with Crippen LogP contribution in [0.25, 0.3) is 4.96 Å². The second kappa shape index (κ2) is 6.01. The van der Waals surface area contributed by atoms with Crippen molar-refractivity contribution in [2.45, 2.75) is 40.2 Å². The lowest BCUT2D eigenvalue weighted by molar-refractivity contribution is 0.300. The van der Waals surface area contributed by atoms with Gasteiger partial charge in [0.1, 0.15) is 18.4 Å². The third-order valence-electron chi connectivity index (χ3n) is 3.67. The second-order valence-electron chi connectivity index (χ2n) is 5.81. The molecule has 2 aromatic heterocycles. The van der Waals surface area contributed by atoms with Gasteiger partial charge in [-0.25, -0.2) is 4.98 Å². The Hall–Kier alpha value is -2.39. The van der Waals surface area contributed by atoms with Crippen LogP contribution >= 0.6 is 11.3 Å². The fraction of sp³-hybridized carbons (Fsp3) is 0.353. The summed E-state index contributed by atoms with van der Waals surface area (Å²) in [6.45, 7) is 8.48. The third kappa shape index (κ3) is 2.80. The van der Waals surface area contributed by atoms with Crippen molar-refractivity contribution in [3.05, 3.63) is 45.7 Å². The van der Waals surface area contributed by atoms with Gasteiger partial charge in [-0.15, -0.1) is 0 Å². The Kier molecular flexibility index (Phi) is 4.05. The van der Waals surface area contributed by atoms with E-state index in [4.69, 9.17) is 4.74 Å². The van der Waals surface area contributed by atoms with Crippen LogP contribution in [0.1, 0.15) is 47.3 Å². The summed E-state index contributed by atoms with van der Waals surface area (Å²) >= 11 is 1.46. The molecule has 3 aromatic rings. The number of ether oxygens (including phenoxy) is 1. The number of fused-ring (bicyclic) bond motifs is 1. The number of benzene rings is 1. The van der Waals surface area contributed by atoms with Gasteiger partial charge >= 0.3 is 0 Å². The standard InChI is InChI=1S/C17H18N4OS/c1-10(2)15-13(8-18)21-17(19-15)23-14(20-21)9-22-16-11(3)6-5-7-12(16)4/h5-7,10H,9H2,1-4H3. The second-order valence-corrected chi connectivity index (χ2v) is 6.85. The summed E-state index contributed by atoms with van der Waals surface area (Å²) in [5.41, 5.74) is 3.52. The van der Waals surface area contributed by atoms with E-state index in [-0.39, 0.29) is 5.92 Å². The lowest BCUT2D eigenvalue weighted by Crippen LogP contribution is -2.01. The quantitative estimate of drug-likeness (QED) is 0.727. The maximum Gasteiger partial charge on any atom is 0.213 e. The Labute approximate surface area is 139 Å². The highest BCUT2D eigenvalue weighted by atomic mass is 32.1. The van der Waals surface area contributed by atoms with Crippen molar-refractivity contribution in [3.8, 4) is 11.8 Å². The van der Waals surface area contributed by atoms with E-state index in [1.807, 2.05) is 45.9 Å². The number of imidazole rings is 1. The van der Waals surface area contributed by atoms with Gasteiger partial charge in [-0.3, -0.25) is 0 Å². The summed E-state index contributed by atoms with van der Waals surface area (Å²) in [6.07, 6.45) is 0. The molecule has 0 unspecified atom stereocenters. The van der Waals surface area contributed by atoms with Crippen LogP contribution in [-0.4, -0.2) is 14.6 Å². The number of rotatable bonds is 4. The van der Waals surface area contributed by atoms with Crippen LogP contribution in [0.4, 0.5) is 0 Å². The third-order valence-corrected chi connectivity index (χ3v) is 4.56. The Balaban J connectivity index is 1.88. The molecule has 3 rings (SSSR count). The van der Waals surface area contributed by atoms with Crippen molar-refractivity contribution in [1.82, 2.24) is 14.6 Å². The number of nitrogens with zero attached hydrogens (tertiary/aromatic N) is 4. The Morgan fingerprint density at radius 3 is 2.61 bits per heavy atom. The average molecular weight is 326 g/mol. The summed E-state index contributed by atoms with van der Waals surface area (Å²) in [6, 6.07) is 8.28. The van der Waals surface area contributed by atoms with Crippen LogP contribution in [0, 0.1) is 25.2 Å². The lowest BCUT2D eigenvalue weighted by atomic mass is 10.1. The van der Waals surface area contributed by atoms with Crippen molar-refractivity contribution in [3.63, 3.8) is 0 Å². The molecule has 6 heteroatoms. The fourth-order valence-corrected chi connectivity index (χ4v) is 3.34. The van der Waals surface area contributed by atoms with Crippen molar-refractivity contribution in [2.24, 2.45) is 0 Å². The Morgan fingerprint density at radius 2 is 2.00 bits per heavy atom. The topological polar surface area (TPSA) is 63.2 Å². The summed E-state index contributed by atoms with van der Waals surface area (Å²) in [4.78, 5) is 5.28. The van der Waals surface area contributed by atoms with E-state index in [1.54, 1.807) is 4.52 Å². The monoisotopic (exact) mass is 326 g/mol. The molecule has 0 atom stereocenters. The van der Waals surface area contributed by atoms with Crippen molar-refractivity contribution < 1.29 is 4.74 Å². The first kappa shape index (κ1) is 15.5. The summed E-state index contributed by atoms with van der Waals surface area (Å²) in [5.74, 6) is 1.09. The molecule has 0 amide bonds. The SMILES string of the molecule is Cc1cccc(C)c1OCc1nn2c(C#N)c(C(C)C)nc2s1. The molecule has 0 spiro atoms. The molecule has 0 bridgehead atoms. The minimum Gasteiger partial charge on any atom is -0.486 e. The van der Waals surface area contributed by atoms with Gasteiger partial charge < -0.3 is 4.74 Å². The molecule has 0 fully saturated rings. The Morgan fingerprint density at radius 1 is 1.30 bits per heavy atom. The van der Waals surface area contributed by atoms with Crippen LogP contribution in [0.5, 0.6) is 5.75 Å². The minimum absolute atomic E-state index is 0.202. The first-order chi connectivity index (χ1) is 11.0. The molecular formula is C17H18N4OS. The smallest absolute Gasteiger partial charge is 0.213 e. The average Bonchev–Trinajstić information content (AvgIpc) is 3.03. The van der Waals surface area contributed by atoms with Crippen LogP contribution in [0.3, 0.4) is 0 Å². The van der Waals surface area contributed by atoms with Gasteiger partial charge in [0, 0.05) is 0 Å². The molecule has 0 saturated heterocycles. The molecule has 0 aliphatic rings. The summed E-state index contributed by atoms with van der Waals surface area (Å²) in [5, 5.41) is 14.7. The van der Waals surface area contributed by atoms with E-state index in [9.17, 15) is 5.26 Å². The number of nitriles is 1. The maximum atomic E-state index is 9.37. The van der Waals surface area contributed by atoms with Gasteiger partial charge in [-0.1, -0.05) is 43.4 Å². The van der Waals surface area contributed by atoms with Gasteiger partial charge in [0.05, 0.1) is 5.69 Å². The normalized spacial score (nSPS) is 11.1. The molecule has 0 saturated carbocycles. The van der Waals surface area contributed by atoms with Crippen LogP contribution in [0.2, 0.25) is 0 Å². The number of aromatic nitrogens is 3.